The van der Waals surface area contributed by atoms with Crippen molar-refractivity contribution in [2.24, 2.45) is 0 Å². The molecule has 0 spiro atoms. The largest absolute Gasteiger partial charge is 0.336 e. The zero-order chi connectivity index (χ0) is 13.8. The first-order valence-electron chi connectivity index (χ1n) is 6.23. The van der Waals surface area contributed by atoms with Crippen LogP contribution in [0.15, 0.2) is 36.9 Å². The highest BCUT2D eigenvalue weighted by molar-refractivity contribution is 6.42. The van der Waals surface area contributed by atoms with E-state index in [0.29, 0.717) is 16.1 Å². The van der Waals surface area contributed by atoms with Gasteiger partial charge in [0.1, 0.15) is 0 Å². The van der Waals surface area contributed by atoms with Gasteiger partial charge in [-0.05, 0) is 31.5 Å². The molecule has 0 aliphatic carbocycles. The Labute approximate surface area is 123 Å². The summed E-state index contributed by atoms with van der Waals surface area (Å²) in [6.07, 6.45) is 5.57. The summed E-state index contributed by atoms with van der Waals surface area (Å²) in [6, 6.07) is 6.28. The molecule has 2 rings (SSSR count). The van der Waals surface area contributed by atoms with Crippen LogP contribution in [-0.2, 0) is 6.54 Å². The average molecular weight is 298 g/mol. The molecule has 1 aromatic heterocycles. The van der Waals surface area contributed by atoms with Gasteiger partial charge in [-0.2, -0.15) is 0 Å². The molecule has 2 aromatic rings. The Balaban J connectivity index is 1.96. The molecular formula is C14H17Cl2N3. The number of hydrogen-bond acceptors (Lipinski definition) is 2. The number of aromatic nitrogens is 2. The van der Waals surface area contributed by atoms with Crippen molar-refractivity contribution in [3.8, 4) is 0 Å². The minimum atomic E-state index is 0.216. The molecule has 1 heterocycles. The van der Waals surface area contributed by atoms with E-state index in [9.17, 15) is 0 Å². The summed E-state index contributed by atoms with van der Waals surface area (Å²) in [6.45, 7) is 5.14. The molecule has 1 aromatic carbocycles. The molecule has 0 fully saturated rings. The summed E-state index contributed by atoms with van der Waals surface area (Å²) in [5.74, 6) is 0. The number of rotatable bonds is 5. The summed E-state index contributed by atoms with van der Waals surface area (Å²) in [5, 5.41) is 4.71. The van der Waals surface area contributed by atoms with Crippen LogP contribution in [0.5, 0.6) is 0 Å². The molecule has 0 amide bonds. The fourth-order valence-corrected chi connectivity index (χ4v) is 2.37. The predicted octanol–water partition coefficient (Wildman–Crippen LogP) is 3.93. The highest BCUT2D eigenvalue weighted by Gasteiger charge is 2.11. The summed E-state index contributed by atoms with van der Waals surface area (Å²) in [4.78, 5) is 4.04. The van der Waals surface area contributed by atoms with Crippen molar-refractivity contribution < 1.29 is 0 Å². The lowest BCUT2D eigenvalue weighted by Crippen LogP contribution is -2.32. The molecule has 102 valence electrons. The minimum absolute atomic E-state index is 0.216. The third kappa shape index (κ3) is 3.96. The van der Waals surface area contributed by atoms with E-state index in [2.05, 4.69) is 28.7 Å². The molecule has 2 atom stereocenters. The lowest BCUT2D eigenvalue weighted by atomic mass is 10.1. The van der Waals surface area contributed by atoms with Crippen LogP contribution in [0.1, 0.15) is 25.5 Å². The van der Waals surface area contributed by atoms with Crippen LogP contribution in [0.3, 0.4) is 0 Å². The molecule has 0 saturated carbocycles. The Morgan fingerprint density at radius 3 is 2.68 bits per heavy atom. The van der Waals surface area contributed by atoms with Crippen LogP contribution >= 0.6 is 23.2 Å². The molecule has 5 heteroatoms. The van der Waals surface area contributed by atoms with Crippen LogP contribution in [-0.4, -0.2) is 15.6 Å². The number of imidazole rings is 1. The van der Waals surface area contributed by atoms with Gasteiger partial charge in [-0.1, -0.05) is 29.3 Å². The second-order valence-corrected chi connectivity index (χ2v) is 5.54. The quantitative estimate of drug-likeness (QED) is 0.906. The van der Waals surface area contributed by atoms with E-state index in [1.54, 1.807) is 6.20 Å². The SMILES string of the molecule is CC(Cn1ccnc1)NC(C)c1ccc(Cl)c(Cl)c1. The minimum Gasteiger partial charge on any atom is -0.336 e. The summed E-state index contributed by atoms with van der Waals surface area (Å²) in [5.41, 5.74) is 1.13. The molecule has 0 aliphatic rings. The van der Waals surface area contributed by atoms with Gasteiger partial charge in [-0.3, -0.25) is 0 Å². The van der Waals surface area contributed by atoms with Crippen molar-refractivity contribution in [3.05, 3.63) is 52.5 Å². The van der Waals surface area contributed by atoms with Crippen LogP contribution in [0.2, 0.25) is 10.0 Å². The maximum Gasteiger partial charge on any atom is 0.0946 e. The van der Waals surface area contributed by atoms with E-state index in [4.69, 9.17) is 23.2 Å². The van der Waals surface area contributed by atoms with Gasteiger partial charge in [-0.15, -0.1) is 0 Å². The Morgan fingerprint density at radius 1 is 1.26 bits per heavy atom. The highest BCUT2D eigenvalue weighted by Crippen LogP contribution is 2.25. The van der Waals surface area contributed by atoms with E-state index >= 15 is 0 Å². The monoisotopic (exact) mass is 297 g/mol. The summed E-state index contributed by atoms with van der Waals surface area (Å²) < 4.78 is 2.05. The Morgan fingerprint density at radius 2 is 2.05 bits per heavy atom. The summed E-state index contributed by atoms with van der Waals surface area (Å²) in [7, 11) is 0. The molecule has 1 N–H and O–H groups in total. The normalized spacial score (nSPS) is 14.3. The first kappa shape index (κ1) is 14.4. The second kappa shape index (κ2) is 6.42. The average Bonchev–Trinajstić information content (AvgIpc) is 2.85. The Bertz CT molecular complexity index is 525. The third-order valence-corrected chi connectivity index (χ3v) is 3.76. The van der Waals surface area contributed by atoms with Crippen LogP contribution in [0.25, 0.3) is 0 Å². The highest BCUT2D eigenvalue weighted by atomic mass is 35.5. The lowest BCUT2D eigenvalue weighted by molar-refractivity contribution is 0.430. The maximum atomic E-state index is 6.04. The molecule has 0 aliphatic heterocycles. The van der Waals surface area contributed by atoms with E-state index in [1.165, 1.54) is 0 Å². The van der Waals surface area contributed by atoms with Gasteiger partial charge in [0, 0.05) is 31.0 Å². The van der Waals surface area contributed by atoms with Crippen molar-refractivity contribution in [2.45, 2.75) is 32.5 Å². The first-order valence-corrected chi connectivity index (χ1v) is 6.98. The van der Waals surface area contributed by atoms with Gasteiger partial charge in [-0.25, -0.2) is 4.98 Å². The fourth-order valence-electron chi connectivity index (χ4n) is 2.07. The van der Waals surface area contributed by atoms with Crippen LogP contribution < -0.4 is 5.32 Å². The number of nitrogens with one attached hydrogen (secondary N) is 1. The van der Waals surface area contributed by atoms with E-state index in [-0.39, 0.29) is 6.04 Å². The van der Waals surface area contributed by atoms with Gasteiger partial charge >= 0.3 is 0 Å². The van der Waals surface area contributed by atoms with Crippen molar-refractivity contribution in [1.29, 1.82) is 0 Å². The van der Waals surface area contributed by atoms with Gasteiger partial charge in [0.25, 0.3) is 0 Å². The smallest absolute Gasteiger partial charge is 0.0946 e. The van der Waals surface area contributed by atoms with Gasteiger partial charge in [0.15, 0.2) is 0 Å². The van der Waals surface area contributed by atoms with Gasteiger partial charge in [0.2, 0.25) is 0 Å². The first-order chi connectivity index (χ1) is 9.06. The van der Waals surface area contributed by atoms with Crippen LogP contribution in [0.4, 0.5) is 0 Å². The third-order valence-electron chi connectivity index (χ3n) is 3.02. The number of benzene rings is 1. The standard InChI is InChI=1S/C14H17Cl2N3/c1-10(8-19-6-5-17-9-19)18-11(2)12-3-4-13(15)14(16)7-12/h3-7,9-11,18H,8H2,1-2H3. The number of nitrogens with zero attached hydrogens (tertiary/aromatic N) is 2. The molecule has 0 radical (unpaired) electrons. The molecule has 0 bridgehead atoms. The van der Waals surface area contributed by atoms with E-state index in [1.807, 2.05) is 30.7 Å². The number of halogens is 2. The molecule has 0 saturated heterocycles. The molecule has 2 unspecified atom stereocenters. The van der Waals surface area contributed by atoms with Gasteiger partial charge in [0.05, 0.1) is 16.4 Å². The fraction of sp³-hybridized carbons (Fsp3) is 0.357. The van der Waals surface area contributed by atoms with Gasteiger partial charge < -0.3 is 9.88 Å². The topological polar surface area (TPSA) is 29.9 Å². The zero-order valence-corrected chi connectivity index (χ0v) is 12.5. The van der Waals surface area contributed by atoms with Crippen molar-refractivity contribution in [2.75, 3.05) is 0 Å². The van der Waals surface area contributed by atoms with E-state index < -0.39 is 0 Å². The molecular weight excluding hydrogens is 281 g/mol. The Kier molecular flexibility index (Phi) is 4.86. The van der Waals surface area contributed by atoms with Crippen molar-refractivity contribution in [1.82, 2.24) is 14.9 Å². The predicted molar refractivity (Wildman–Crippen MR) is 79.7 cm³/mol. The maximum absolute atomic E-state index is 6.04. The lowest BCUT2D eigenvalue weighted by Gasteiger charge is -2.21. The Hall–Kier alpha value is -1.03. The zero-order valence-electron chi connectivity index (χ0n) is 11.0. The second-order valence-electron chi connectivity index (χ2n) is 4.72. The molecule has 19 heavy (non-hydrogen) atoms. The van der Waals surface area contributed by atoms with Crippen LogP contribution in [0, 0.1) is 0 Å². The van der Waals surface area contributed by atoms with Crippen molar-refractivity contribution in [3.63, 3.8) is 0 Å². The van der Waals surface area contributed by atoms with E-state index in [0.717, 1.165) is 12.1 Å². The molecule has 3 nitrogen and oxygen atoms in total. The number of hydrogen-bond donors (Lipinski definition) is 1. The summed E-state index contributed by atoms with van der Waals surface area (Å²) >= 11 is 12.0. The van der Waals surface area contributed by atoms with Crippen molar-refractivity contribution >= 4 is 23.2 Å².